The SMILES string of the molecule is Cc1ccc(S(=O)(=O)Nc2ccc(N)cc2Cl)cc1C. The van der Waals surface area contributed by atoms with Crippen molar-refractivity contribution in [2.75, 3.05) is 10.5 Å². The molecule has 0 unspecified atom stereocenters. The molecule has 2 aromatic carbocycles. The lowest BCUT2D eigenvalue weighted by Gasteiger charge is -2.11. The van der Waals surface area contributed by atoms with E-state index in [1.807, 2.05) is 13.8 Å². The molecule has 0 aliphatic carbocycles. The minimum atomic E-state index is -3.66. The number of nitrogen functional groups attached to an aromatic ring is 1. The maximum absolute atomic E-state index is 12.3. The topological polar surface area (TPSA) is 72.2 Å². The van der Waals surface area contributed by atoms with Gasteiger partial charge in [0.15, 0.2) is 0 Å². The molecule has 20 heavy (non-hydrogen) atoms. The Morgan fingerprint density at radius 2 is 1.75 bits per heavy atom. The molecule has 6 heteroatoms. The average molecular weight is 311 g/mol. The van der Waals surface area contributed by atoms with Gasteiger partial charge < -0.3 is 5.73 Å². The maximum Gasteiger partial charge on any atom is 0.261 e. The van der Waals surface area contributed by atoms with Crippen molar-refractivity contribution in [2.24, 2.45) is 0 Å². The lowest BCUT2D eigenvalue weighted by atomic mass is 10.1. The van der Waals surface area contributed by atoms with E-state index in [0.717, 1.165) is 11.1 Å². The number of anilines is 2. The molecule has 0 fully saturated rings. The van der Waals surface area contributed by atoms with Crippen molar-refractivity contribution < 1.29 is 8.42 Å². The molecule has 0 spiro atoms. The second kappa shape index (κ2) is 5.34. The third-order valence-electron chi connectivity index (χ3n) is 3.03. The Hall–Kier alpha value is -1.72. The Balaban J connectivity index is 2.38. The van der Waals surface area contributed by atoms with Crippen LogP contribution in [0.1, 0.15) is 11.1 Å². The summed E-state index contributed by atoms with van der Waals surface area (Å²) in [5.74, 6) is 0. The molecule has 0 saturated heterocycles. The van der Waals surface area contributed by atoms with E-state index in [0.29, 0.717) is 11.4 Å². The van der Waals surface area contributed by atoms with E-state index in [4.69, 9.17) is 17.3 Å². The van der Waals surface area contributed by atoms with Crippen molar-refractivity contribution in [1.82, 2.24) is 0 Å². The third-order valence-corrected chi connectivity index (χ3v) is 4.70. The summed E-state index contributed by atoms with van der Waals surface area (Å²) >= 11 is 5.97. The second-order valence-electron chi connectivity index (χ2n) is 4.59. The zero-order valence-electron chi connectivity index (χ0n) is 11.1. The molecule has 0 amide bonds. The number of rotatable bonds is 3. The largest absolute Gasteiger partial charge is 0.399 e. The fourth-order valence-corrected chi connectivity index (χ4v) is 3.16. The number of hydrogen-bond acceptors (Lipinski definition) is 3. The highest BCUT2D eigenvalue weighted by Gasteiger charge is 2.16. The van der Waals surface area contributed by atoms with E-state index < -0.39 is 10.0 Å². The average Bonchev–Trinajstić information content (AvgIpc) is 2.36. The molecule has 0 heterocycles. The third kappa shape index (κ3) is 3.05. The molecule has 0 radical (unpaired) electrons. The number of halogens is 1. The van der Waals surface area contributed by atoms with E-state index in [1.54, 1.807) is 24.3 Å². The number of nitrogens with two attached hydrogens (primary N) is 1. The van der Waals surface area contributed by atoms with Gasteiger partial charge in [-0.25, -0.2) is 8.42 Å². The summed E-state index contributed by atoms with van der Waals surface area (Å²) in [5.41, 5.74) is 8.31. The van der Waals surface area contributed by atoms with E-state index in [-0.39, 0.29) is 9.92 Å². The van der Waals surface area contributed by atoms with Gasteiger partial charge in [-0.2, -0.15) is 0 Å². The van der Waals surface area contributed by atoms with Crippen molar-refractivity contribution >= 4 is 33.0 Å². The van der Waals surface area contributed by atoms with Crippen LogP contribution in [0, 0.1) is 13.8 Å². The van der Waals surface area contributed by atoms with Gasteiger partial charge in [0.05, 0.1) is 15.6 Å². The van der Waals surface area contributed by atoms with Gasteiger partial charge >= 0.3 is 0 Å². The zero-order chi connectivity index (χ0) is 14.9. The maximum atomic E-state index is 12.3. The number of benzene rings is 2. The first kappa shape index (κ1) is 14.7. The van der Waals surface area contributed by atoms with Gasteiger partial charge in [0.2, 0.25) is 0 Å². The molecule has 0 aromatic heterocycles. The van der Waals surface area contributed by atoms with Gasteiger partial charge in [0.1, 0.15) is 0 Å². The summed E-state index contributed by atoms with van der Waals surface area (Å²) in [7, 11) is -3.66. The van der Waals surface area contributed by atoms with E-state index in [9.17, 15) is 8.42 Å². The summed E-state index contributed by atoms with van der Waals surface area (Å²) in [6.07, 6.45) is 0. The van der Waals surface area contributed by atoms with Gasteiger partial charge in [-0.1, -0.05) is 17.7 Å². The first-order valence-corrected chi connectivity index (χ1v) is 7.81. The molecule has 3 N–H and O–H groups in total. The first-order chi connectivity index (χ1) is 9.29. The van der Waals surface area contributed by atoms with Crippen LogP contribution in [-0.2, 0) is 10.0 Å². The Kier molecular flexibility index (Phi) is 3.92. The van der Waals surface area contributed by atoms with Crippen LogP contribution in [0.3, 0.4) is 0 Å². The van der Waals surface area contributed by atoms with Crippen molar-refractivity contribution in [3.05, 3.63) is 52.5 Å². The summed E-state index contributed by atoms with van der Waals surface area (Å²) < 4.78 is 27.1. The van der Waals surface area contributed by atoms with Gasteiger partial charge in [0.25, 0.3) is 10.0 Å². The molecule has 4 nitrogen and oxygen atoms in total. The van der Waals surface area contributed by atoms with Gasteiger partial charge in [0, 0.05) is 5.69 Å². The molecular formula is C14H15ClN2O2S. The fraction of sp³-hybridized carbons (Fsp3) is 0.143. The van der Waals surface area contributed by atoms with Crippen molar-refractivity contribution in [1.29, 1.82) is 0 Å². The molecule has 106 valence electrons. The zero-order valence-corrected chi connectivity index (χ0v) is 12.7. The van der Waals surface area contributed by atoms with Crippen LogP contribution in [-0.4, -0.2) is 8.42 Å². The van der Waals surface area contributed by atoms with E-state index in [2.05, 4.69) is 4.72 Å². The lowest BCUT2D eigenvalue weighted by Crippen LogP contribution is -2.13. The standard InChI is InChI=1S/C14H15ClN2O2S/c1-9-3-5-12(7-10(9)2)20(18,19)17-14-6-4-11(16)8-13(14)15/h3-8,17H,16H2,1-2H3. The van der Waals surface area contributed by atoms with Gasteiger partial charge in [-0.05, 0) is 55.3 Å². The number of nitrogens with one attached hydrogen (secondary N) is 1. The highest BCUT2D eigenvalue weighted by Crippen LogP contribution is 2.27. The number of aryl methyl sites for hydroxylation is 2. The second-order valence-corrected chi connectivity index (χ2v) is 6.68. The molecule has 2 aromatic rings. The van der Waals surface area contributed by atoms with Crippen LogP contribution in [0.2, 0.25) is 5.02 Å². The number of sulfonamides is 1. The van der Waals surface area contributed by atoms with Crippen LogP contribution < -0.4 is 10.5 Å². The minimum Gasteiger partial charge on any atom is -0.399 e. The highest BCUT2D eigenvalue weighted by molar-refractivity contribution is 7.92. The summed E-state index contributed by atoms with van der Waals surface area (Å²) in [6, 6.07) is 9.59. The predicted octanol–water partition coefficient (Wildman–Crippen LogP) is 3.34. The smallest absolute Gasteiger partial charge is 0.261 e. The first-order valence-electron chi connectivity index (χ1n) is 5.95. The molecule has 0 bridgehead atoms. The van der Waals surface area contributed by atoms with Crippen LogP contribution in [0.15, 0.2) is 41.3 Å². The Bertz CT molecular complexity index is 758. The predicted molar refractivity (Wildman–Crippen MR) is 82.6 cm³/mol. The summed E-state index contributed by atoms with van der Waals surface area (Å²) in [6.45, 7) is 3.79. The van der Waals surface area contributed by atoms with Crippen molar-refractivity contribution in [3.63, 3.8) is 0 Å². The lowest BCUT2D eigenvalue weighted by molar-refractivity contribution is 0.601. The quantitative estimate of drug-likeness (QED) is 0.854. The summed E-state index contributed by atoms with van der Waals surface area (Å²) in [5, 5.41) is 0.261. The van der Waals surface area contributed by atoms with Crippen molar-refractivity contribution in [2.45, 2.75) is 18.7 Å². The molecule has 0 aliphatic rings. The minimum absolute atomic E-state index is 0.202. The fourth-order valence-electron chi connectivity index (χ4n) is 1.70. The molecule has 0 aliphatic heterocycles. The molecular weight excluding hydrogens is 296 g/mol. The van der Waals surface area contributed by atoms with Gasteiger partial charge in [-0.3, -0.25) is 4.72 Å². The Labute approximate surface area is 123 Å². The molecule has 0 atom stereocenters. The Morgan fingerprint density at radius 3 is 2.35 bits per heavy atom. The highest BCUT2D eigenvalue weighted by atomic mass is 35.5. The van der Waals surface area contributed by atoms with E-state index in [1.165, 1.54) is 12.1 Å². The Morgan fingerprint density at radius 1 is 1.05 bits per heavy atom. The van der Waals surface area contributed by atoms with Crippen molar-refractivity contribution in [3.8, 4) is 0 Å². The number of hydrogen-bond donors (Lipinski definition) is 2. The molecule has 0 saturated carbocycles. The normalized spacial score (nSPS) is 11.3. The van der Waals surface area contributed by atoms with Crippen LogP contribution in [0.5, 0.6) is 0 Å². The van der Waals surface area contributed by atoms with Crippen LogP contribution >= 0.6 is 11.6 Å². The summed E-state index contributed by atoms with van der Waals surface area (Å²) in [4.78, 5) is 0.202. The monoisotopic (exact) mass is 310 g/mol. The van der Waals surface area contributed by atoms with Crippen LogP contribution in [0.25, 0.3) is 0 Å². The van der Waals surface area contributed by atoms with E-state index >= 15 is 0 Å². The van der Waals surface area contributed by atoms with Gasteiger partial charge in [-0.15, -0.1) is 0 Å². The molecule has 2 rings (SSSR count). The van der Waals surface area contributed by atoms with Crippen LogP contribution in [0.4, 0.5) is 11.4 Å².